The molecule has 0 amide bonds. The third-order valence-corrected chi connectivity index (χ3v) is 4.47. The Kier molecular flexibility index (Phi) is 3.58. The maximum Gasteiger partial charge on any atom is 0.328 e. The maximum atomic E-state index is 12.1. The van der Waals surface area contributed by atoms with E-state index < -0.39 is 11.2 Å². The Labute approximate surface area is 142 Å². The maximum absolute atomic E-state index is 12.1. The summed E-state index contributed by atoms with van der Waals surface area (Å²) in [6.45, 7) is 0.229. The Balaban J connectivity index is 1.80. The number of H-pyrrole nitrogens is 1. The van der Waals surface area contributed by atoms with Crippen LogP contribution in [0.15, 0.2) is 46.1 Å². The predicted octanol–water partition coefficient (Wildman–Crippen LogP) is 1.13. The first-order chi connectivity index (χ1) is 12.2. The van der Waals surface area contributed by atoms with E-state index in [1.54, 1.807) is 6.07 Å². The number of hydrogen-bond acceptors (Lipinski definition) is 4. The van der Waals surface area contributed by atoms with E-state index in [-0.39, 0.29) is 12.1 Å². The van der Waals surface area contributed by atoms with Crippen LogP contribution in [0, 0.1) is 11.3 Å². The molecule has 1 N–H and O–H groups in total. The largest absolute Gasteiger partial charge is 0.328 e. The Bertz CT molecular complexity index is 1100. The second kappa shape index (κ2) is 5.91. The van der Waals surface area contributed by atoms with E-state index in [9.17, 15) is 9.59 Å². The number of nitriles is 1. The highest BCUT2D eigenvalue weighted by atomic mass is 16.2. The van der Waals surface area contributed by atoms with E-state index in [0.29, 0.717) is 0 Å². The Hall–Kier alpha value is -3.40. The van der Waals surface area contributed by atoms with Crippen molar-refractivity contribution in [3.63, 3.8) is 0 Å². The normalized spacial score (nSPS) is 12.8. The second-order valence-corrected chi connectivity index (χ2v) is 6.01. The third-order valence-electron chi connectivity index (χ3n) is 4.47. The van der Waals surface area contributed by atoms with Crippen LogP contribution in [0.5, 0.6) is 0 Å². The molecule has 4 rings (SSSR count). The summed E-state index contributed by atoms with van der Waals surface area (Å²) in [6, 6.07) is 11.7. The zero-order valence-corrected chi connectivity index (χ0v) is 13.4. The summed E-state index contributed by atoms with van der Waals surface area (Å²) in [4.78, 5) is 25.8. The summed E-state index contributed by atoms with van der Waals surface area (Å²) in [5.41, 5.74) is 2.82. The van der Waals surface area contributed by atoms with Gasteiger partial charge in [0.05, 0.1) is 17.9 Å². The molecular weight excluding hydrogens is 318 g/mol. The van der Waals surface area contributed by atoms with Crippen LogP contribution in [0.1, 0.15) is 28.9 Å². The van der Waals surface area contributed by atoms with Gasteiger partial charge in [-0.1, -0.05) is 18.2 Å². The molecule has 3 aromatic rings. The van der Waals surface area contributed by atoms with Crippen molar-refractivity contribution in [3.05, 3.63) is 79.9 Å². The molecule has 7 nitrogen and oxygen atoms in total. The minimum absolute atomic E-state index is 0.0845. The van der Waals surface area contributed by atoms with Gasteiger partial charge in [0.2, 0.25) is 0 Å². The van der Waals surface area contributed by atoms with Gasteiger partial charge in [0.25, 0.3) is 5.56 Å². The lowest BCUT2D eigenvalue weighted by Crippen LogP contribution is -2.31. The van der Waals surface area contributed by atoms with E-state index in [4.69, 9.17) is 10.4 Å². The molecule has 0 unspecified atom stereocenters. The van der Waals surface area contributed by atoms with Crippen molar-refractivity contribution in [2.24, 2.45) is 0 Å². The fraction of sp³-hybridized carbons (Fsp3) is 0.222. The van der Waals surface area contributed by atoms with E-state index in [0.717, 1.165) is 36.2 Å². The molecule has 124 valence electrons. The van der Waals surface area contributed by atoms with Crippen LogP contribution in [0.4, 0.5) is 0 Å². The molecule has 1 aromatic carbocycles. The van der Waals surface area contributed by atoms with E-state index in [1.165, 1.54) is 16.5 Å². The quantitative estimate of drug-likeness (QED) is 0.777. The summed E-state index contributed by atoms with van der Waals surface area (Å²) in [5.74, 6) is 0. The fourth-order valence-corrected chi connectivity index (χ4v) is 3.29. The first kappa shape index (κ1) is 15.1. The van der Waals surface area contributed by atoms with Crippen LogP contribution < -0.4 is 11.2 Å². The molecular formula is C18H15N5O2. The van der Waals surface area contributed by atoms with Gasteiger partial charge < -0.3 is 0 Å². The average Bonchev–Trinajstić information content (AvgIpc) is 3.21. The second-order valence-electron chi connectivity index (χ2n) is 6.01. The molecule has 25 heavy (non-hydrogen) atoms. The Morgan fingerprint density at radius 3 is 2.76 bits per heavy atom. The van der Waals surface area contributed by atoms with E-state index >= 15 is 0 Å². The number of fused-ring (bicyclic) bond motifs is 1. The average molecular weight is 333 g/mol. The smallest absolute Gasteiger partial charge is 0.293 e. The number of para-hydroxylation sites is 1. The fourth-order valence-electron chi connectivity index (χ4n) is 3.29. The molecule has 0 saturated heterocycles. The van der Waals surface area contributed by atoms with Gasteiger partial charge >= 0.3 is 5.69 Å². The van der Waals surface area contributed by atoms with Crippen molar-refractivity contribution in [1.29, 1.82) is 5.26 Å². The molecule has 1 aliphatic rings. The van der Waals surface area contributed by atoms with Crippen LogP contribution in [0.3, 0.4) is 0 Å². The van der Waals surface area contributed by atoms with Gasteiger partial charge in [-0.25, -0.2) is 9.48 Å². The van der Waals surface area contributed by atoms with Crippen molar-refractivity contribution in [3.8, 4) is 11.8 Å². The lowest BCUT2D eigenvalue weighted by molar-refractivity contribution is 0.675. The molecule has 7 heteroatoms. The predicted molar refractivity (Wildman–Crippen MR) is 90.7 cm³/mol. The number of aromatic amines is 1. The van der Waals surface area contributed by atoms with E-state index in [1.807, 2.05) is 35.0 Å². The van der Waals surface area contributed by atoms with Crippen molar-refractivity contribution in [1.82, 2.24) is 19.3 Å². The van der Waals surface area contributed by atoms with Gasteiger partial charge in [0, 0.05) is 11.9 Å². The molecule has 0 spiro atoms. The van der Waals surface area contributed by atoms with Crippen LogP contribution in [0.25, 0.3) is 5.69 Å². The van der Waals surface area contributed by atoms with Gasteiger partial charge in [-0.3, -0.25) is 14.3 Å². The molecule has 2 heterocycles. The standard InChI is InChI=1S/C18H15N5O2/c19-9-12-10-22(18(25)20-17(12)24)11-15-14-7-4-8-16(14)23(21-15)13-5-2-1-3-6-13/h1-3,5-6,10H,4,7-8,11H2,(H,20,24,25). The van der Waals surface area contributed by atoms with Crippen molar-refractivity contribution in [2.45, 2.75) is 25.8 Å². The molecule has 2 aromatic heterocycles. The van der Waals surface area contributed by atoms with Gasteiger partial charge in [-0.2, -0.15) is 10.4 Å². The zero-order valence-electron chi connectivity index (χ0n) is 13.4. The number of hydrogen-bond donors (Lipinski definition) is 1. The molecule has 0 bridgehead atoms. The summed E-state index contributed by atoms with van der Waals surface area (Å²) in [6.07, 6.45) is 4.21. The topological polar surface area (TPSA) is 96.5 Å². The zero-order chi connectivity index (χ0) is 17.4. The number of aromatic nitrogens is 4. The van der Waals surface area contributed by atoms with Gasteiger partial charge in [0.15, 0.2) is 0 Å². The van der Waals surface area contributed by atoms with Crippen LogP contribution in [-0.4, -0.2) is 19.3 Å². The van der Waals surface area contributed by atoms with Gasteiger partial charge in [-0.15, -0.1) is 0 Å². The molecule has 1 aliphatic carbocycles. The van der Waals surface area contributed by atoms with Crippen LogP contribution in [-0.2, 0) is 19.4 Å². The first-order valence-electron chi connectivity index (χ1n) is 8.06. The summed E-state index contributed by atoms with van der Waals surface area (Å²) in [7, 11) is 0. The Morgan fingerprint density at radius 2 is 2.00 bits per heavy atom. The van der Waals surface area contributed by atoms with Crippen LogP contribution >= 0.6 is 0 Å². The first-order valence-corrected chi connectivity index (χ1v) is 8.06. The highest BCUT2D eigenvalue weighted by Gasteiger charge is 2.23. The highest BCUT2D eigenvalue weighted by Crippen LogP contribution is 2.28. The minimum Gasteiger partial charge on any atom is -0.293 e. The molecule has 0 fully saturated rings. The number of benzene rings is 1. The molecule has 0 atom stereocenters. The number of nitrogens with zero attached hydrogens (tertiary/aromatic N) is 4. The highest BCUT2D eigenvalue weighted by molar-refractivity contribution is 5.40. The van der Waals surface area contributed by atoms with Crippen molar-refractivity contribution in [2.75, 3.05) is 0 Å². The van der Waals surface area contributed by atoms with Crippen molar-refractivity contribution < 1.29 is 0 Å². The van der Waals surface area contributed by atoms with Gasteiger partial charge in [0.1, 0.15) is 11.6 Å². The van der Waals surface area contributed by atoms with Gasteiger partial charge in [-0.05, 0) is 37.0 Å². The van der Waals surface area contributed by atoms with E-state index in [2.05, 4.69) is 4.98 Å². The summed E-state index contributed by atoms with van der Waals surface area (Å²) >= 11 is 0. The minimum atomic E-state index is -0.663. The van der Waals surface area contributed by atoms with Crippen molar-refractivity contribution >= 4 is 0 Å². The van der Waals surface area contributed by atoms with Crippen LogP contribution in [0.2, 0.25) is 0 Å². The molecule has 0 aliphatic heterocycles. The lowest BCUT2D eigenvalue weighted by atomic mass is 10.2. The number of rotatable bonds is 3. The molecule has 0 radical (unpaired) electrons. The summed E-state index contributed by atoms with van der Waals surface area (Å²) in [5, 5.41) is 13.7. The molecule has 0 saturated carbocycles. The third kappa shape index (κ3) is 2.58. The SMILES string of the molecule is N#Cc1cn(Cc2nn(-c3ccccc3)c3c2CCC3)c(=O)[nH]c1=O. The lowest BCUT2D eigenvalue weighted by Gasteiger charge is -2.05. The summed E-state index contributed by atoms with van der Waals surface area (Å²) < 4.78 is 3.26. The number of nitrogens with one attached hydrogen (secondary N) is 1. The Morgan fingerprint density at radius 1 is 1.20 bits per heavy atom. The monoisotopic (exact) mass is 333 g/mol.